The Hall–Kier alpha value is -5.32. The number of nitrogens with zero attached hydrogens (tertiary/aromatic N) is 2. The third-order valence-electron chi connectivity index (χ3n) is 7.20. The van der Waals surface area contributed by atoms with Crippen molar-refractivity contribution in [1.29, 1.82) is 0 Å². The molecule has 0 saturated heterocycles. The monoisotopic (exact) mass is 611 g/mol. The number of ether oxygens (including phenoxy) is 2. The summed E-state index contributed by atoms with van der Waals surface area (Å²) in [6.45, 7) is 3.94. The molecule has 1 aliphatic rings. The van der Waals surface area contributed by atoms with Gasteiger partial charge in [-0.3, -0.25) is 4.79 Å². The summed E-state index contributed by atoms with van der Waals surface area (Å²) in [5, 5.41) is 7.02. The predicted molar refractivity (Wildman–Crippen MR) is 165 cm³/mol. The average Bonchev–Trinajstić information content (AvgIpc) is 3.74. The van der Waals surface area contributed by atoms with Crippen molar-refractivity contribution in [2.75, 3.05) is 5.32 Å². The van der Waals surface area contributed by atoms with Gasteiger partial charge in [-0.2, -0.15) is 0 Å². The van der Waals surface area contributed by atoms with E-state index in [1.807, 2.05) is 44.3 Å². The molecule has 0 radical (unpaired) electrons. The summed E-state index contributed by atoms with van der Waals surface area (Å²) in [4.78, 5) is 37.6. The summed E-state index contributed by atoms with van der Waals surface area (Å²) in [5.74, 6) is -1.85. The highest BCUT2D eigenvalue weighted by Crippen LogP contribution is 2.33. The SMILES string of the molecule is CC(C)Oc1cc(CNc2ncccc2C(=O)OCc2ccc(F)c(F)c2)cc(-c2c[nH]c3ncc(C(=O)NC4CC4)cc23)c1. The van der Waals surface area contributed by atoms with E-state index < -0.39 is 17.6 Å². The first-order chi connectivity index (χ1) is 21.7. The largest absolute Gasteiger partial charge is 0.491 e. The molecule has 45 heavy (non-hydrogen) atoms. The fraction of sp³-hybridized carbons (Fsp3) is 0.235. The zero-order valence-electron chi connectivity index (χ0n) is 24.7. The van der Waals surface area contributed by atoms with Crippen molar-refractivity contribution in [3.63, 3.8) is 0 Å². The van der Waals surface area contributed by atoms with Crippen LogP contribution in [0.5, 0.6) is 5.75 Å². The molecule has 6 rings (SSSR count). The van der Waals surface area contributed by atoms with Gasteiger partial charge in [0.15, 0.2) is 11.6 Å². The van der Waals surface area contributed by atoms with Gasteiger partial charge < -0.3 is 25.1 Å². The molecule has 1 fully saturated rings. The smallest absolute Gasteiger partial charge is 0.342 e. The number of carbonyl (C=O) groups excluding carboxylic acids is 2. The van der Waals surface area contributed by atoms with Crippen molar-refractivity contribution in [1.82, 2.24) is 20.3 Å². The fourth-order valence-corrected chi connectivity index (χ4v) is 4.87. The second-order valence-corrected chi connectivity index (χ2v) is 11.2. The zero-order chi connectivity index (χ0) is 31.5. The number of H-pyrrole nitrogens is 1. The fourth-order valence-electron chi connectivity index (χ4n) is 4.87. The summed E-state index contributed by atoms with van der Waals surface area (Å²) in [6.07, 6.45) is 6.89. The third kappa shape index (κ3) is 7.09. The second kappa shape index (κ2) is 12.7. The van der Waals surface area contributed by atoms with Crippen molar-refractivity contribution >= 4 is 28.7 Å². The van der Waals surface area contributed by atoms with Crippen LogP contribution in [0.25, 0.3) is 22.2 Å². The van der Waals surface area contributed by atoms with E-state index in [0.717, 1.165) is 47.1 Å². The van der Waals surface area contributed by atoms with Gasteiger partial charge in [-0.15, -0.1) is 0 Å². The van der Waals surface area contributed by atoms with Crippen LogP contribution in [0.15, 0.2) is 73.2 Å². The standard InChI is InChI=1S/C34H31F2N5O4/c1-19(2)45-25-11-21(10-22(13-25)28-17-40-32-27(28)14-23(16-39-32)33(42)41-24-6-7-24)15-38-31-26(4-3-9-37-31)34(43)44-18-20-5-8-29(35)30(36)12-20/h3-5,8-14,16-17,19,24H,6-7,15,18H2,1-2H3,(H,37,38)(H,39,40)(H,41,42). The number of hydrogen-bond donors (Lipinski definition) is 3. The van der Waals surface area contributed by atoms with Crippen LogP contribution < -0.4 is 15.4 Å². The minimum atomic E-state index is -1.02. The first kappa shape index (κ1) is 29.7. The van der Waals surface area contributed by atoms with Crippen LogP contribution in [0.1, 0.15) is 58.5 Å². The number of amides is 1. The van der Waals surface area contributed by atoms with Gasteiger partial charge in [0.1, 0.15) is 29.4 Å². The number of benzene rings is 2. The molecule has 0 spiro atoms. The number of esters is 1. The minimum Gasteiger partial charge on any atom is -0.491 e. The van der Waals surface area contributed by atoms with Crippen molar-refractivity contribution in [2.24, 2.45) is 0 Å². The molecule has 0 aliphatic heterocycles. The number of carbonyl (C=O) groups is 2. The summed E-state index contributed by atoms with van der Waals surface area (Å²) in [6, 6.07) is 14.4. The lowest BCUT2D eigenvalue weighted by Crippen LogP contribution is -2.25. The molecule has 0 atom stereocenters. The van der Waals surface area contributed by atoms with Crippen LogP contribution in [-0.4, -0.2) is 39.0 Å². The van der Waals surface area contributed by atoms with E-state index in [0.29, 0.717) is 34.9 Å². The van der Waals surface area contributed by atoms with Gasteiger partial charge >= 0.3 is 5.97 Å². The Morgan fingerprint density at radius 2 is 1.87 bits per heavy atom. The highest BCUT2D eigenvalue weighted by molar-refractivity contribution is 6.01. The maximum atomic E-state index is 13.6. The molecule has 11 heteroatoms. The van der Waals surface area contributed by atoms with Crippen LogP contribution in [-0.2, 0) is 17.9 Å². The molecule has 3 heterocycles. The molecule has 9 nitrogen and oxygen atoms in total. The summed E-state index contributed by atoms with van der Waals surface area (Å²) in [5.41, 5.74) is 4.21. The first-order valence-electron chi connectivity index (χ1n) is 14.6. The van der Waals surface area contributed by atoms with Crippen LogP contribution in [0.2, 0.25) is 0 Å². The molecular formula is C34H31F2N5O4. The van der Waals surface area contributed by atoms with Gasteiger partial charge in [0.05, 0.1) is 11.7 Å². The second-order valence-electron chi connectivity index (χ2n) is 11.2. The van der Waals surface area contributed by atoms with Crippen LogP contribution in [0, 0.1) is 11.6 Å². The van der Waals surface area contributed by atoms with Gasteiger partial charge in [0.2, 0.25) is 0 Å². The Labute approximate surface area is 258 Å². The van der Waals surface area contributed by atoms with Crippen LogP contribution >= 0.6 is 0 Å². The molecule has 0 unspecified atom stereocenters. The van der Waals surface area contributed by atoms with Crippen molar-refractivity contribution in [3.05, 3.63) is 107 Å². The van der Waals surface area contributed by atoms with Crippen molar-refractivity contribution < 1.29 is 27.8 Å². The zero-order valence-corrected chi connectivity index (χ0v) is 24.7. The minimum absolute atomic E-state index is 0.0739. The Balaban J connectivity index is 1.23. The molecule has 1 amide bonds. The number of anilines is 1. The highest BCUT2D eigenvalue weighted by Gasteiger charge is 2.24. The van der Waals surface area contributed by atoms with E-state index in [1.54, 1.807) is 24.5 Å². The van der Waals surface area contributed by atoms with Crippen molar-refractivity contribution in [3.8, 4) is 16.9 Å². The van der Waals surface area contributed by atoms with E-state index in [4.69, 9.17) is 9.47 Å². The quantitative estimate of drug-likeness (QED) is 0.145. The average molecular weight is 612 g/mol. The molecule has 5 aromatic rings. The van der Waals surface area contributed by atoms with E-state index in [-0.39, 0.29) is 30.2 Å². The Bertz CT molecular complexity index is 1890. The third-order valence-corrected chi connectivity index (χ3v) is 7.20. The summed E-state index contributed by atoms with van der Waals surface area (Å²) < 4.78 is 38.3. The number of aromatic nitrogens is 3. The number of pyridine rings is 2. The molecule has 1 saturated carbocycles. The van der Waals surface area contributed by atoms with Gasteiger partial charge in [-0.05, 0) is 91.9 Å². The van der Waals surface area contributed by atoms with E-state index >= 15 is 0 Å². The van der Waals surface area contributed by atoms with Gasteiger partial charge in [0.25, 0.3) is 5.91 Å². The maximum Gasteiger partial charge on any atom is 0.342 e. The summed E-state index contributed by atoms with van der Waals surface area (Å²) in [7, 11) is 0. The molecule has 1 aliphatic carbocycles. The Kier molecular flexibility index (Phi) is 8.41. The number of halogens is 2. The van der Waals surface area contributed by atoms with Gasteiger partial charge in [-0.1, -0.05) is 6.07 Å². The highest BCUT2D eigenvalue weighted by atomic mass is 19.2. The maximum absolute atomic E-state index is 13.6. The number of aromatic amines is 1. The molecule has 2 aromatic carbocycles. The van der Waals surface area contributed by atoms with E-state index in [9.17, 15) is 18.4 Å². The van der Waals surface area contributed by atoms with E-state index in [1.165, 1.54) is 6.07 Å². The first-order valence-corrected chi connectivity index (χ1v) is 14.6. The topological polar surface area (TPSA) is 118 Å². The van der Waals surface area contributed by atoms with Crippen LogP contribution in [0.3, 0.4) is 0 Å². The molecule has 3 N–H and O–H groups in total. The lowest BCUT2D eigenvalue weighted by atomic mass is 10.0. The number of hydrogen-bond acceptors (Lipinski definition) is 7. The Morgan fingerprint density at radius 1 is 1.02 bits per heavy atom. The number of fused-ring (bicyclic) bond motifs is 1. The number of nitrogens with one attached hydrogen (secondary N) is 3. The van der Waals surface area contributed by atoms with E-state index in [2.05, 4.69) is 25.6 Å². The number of rotatable bonds is 11. The van der Waals surface area contributed by atoms with Gasteiger partial charge in [0, 0.05) is 42.1 Å². The molecule has 230 valence electrons. The molecular weight excluding hydrogens is 580 g/mol. The summed E-state index contributed by atoms with van der Waals surface area (Å²) >= 11 is 0. The lowest BCUT2D eigenvalue weighted by molar-refractivity contribution is 0.0472. The normalized spacial score (nSPS) is 12.7. The molecule has 3 aromatic heterocycles. The molecule has 0 bridgehead atoms. The Morgan fingerprint density at radius 3 is 2.64 bits per heavy atom. The van der Waals surface area contributed by atoms with Crippen molar-refractivity contribution in [2.45, 2.75) is 52.0 Å². The van der Waals surface area contributed by atoms with Crippen LogP contribution in [0.4, 0.5) is 14.6 Å². The van der Waals surface area contributed by atoms with Gasteiger partial charge in [-0.25, -0.2) is 23.5 Å². The predicted octanol–water partition coefficient (Wildman–Crippen LogP) is 6.55. The lowest BCUT2D eigenvalue weighted by Gasteiger charge is -2.15.